The molecule has 0 saturated carbocycles. The first kappa shape index (κ1) is 19.8. The van der Waals surface area contributed by atoms with Crippen LogP contribution in [0.25, 0.3) is 11.1 Å². The number of anilines is 2. The molecule has 2 heterocycles. The zero-order valence-corrected chi connectivity index (χ0v) is 18.3. The summed E-state index contributed by atoms with van der Waals surface area (Å²) in [5.74, 6) is 0.0881. The third kappa shape index (κ3) is 3.72. The van der Waals surface area contributed by atoms with Crippen LogP contribution in [0.5, 0.6) is 0 Å². The first-order valence-corrected chi connectivity index (χ1v) is 11.0. The van der Waals surface area contributed by atoms with E-state index < -0.39 is 0 Å². The van der Waals surface area contributed by atoms with Crippen molar-refractivity contribution in [3.63, 3.8) is 0 Å². The fourth-order valence-corrected chi connectivity index (χ4v) is 4.95. The number of hydrogen-bond donors (Lipinski definition) is 1. The van der Waals surface area contributed by atoms with Gasteiger partial charge in [0.15, 0.2) is 0 Å². The zero-order valence-electron chi connectivity index (χ0n) is 18.3. The maximum absolute atomic E-state index is 12.5. The molecule has 0 spiro atoms. The van der Waals surface area contributed by atoms with Crippen LogP contribution >= 0.6 is 0 Å². The molecule has 1 amide bonds. The Morgan fingerprint density at radius 3 is 2.61 bits per heavy atom. The lowest BCUT2D eigenvalue weighted by Gasteiger charge is -2.40. The molecule has 4 nitrogen and oxygen atoms in total. The highest BCUT2D eigenvalue weighted by Gasteiger charge is 2.32. The van der Waals surface area contributed by atoms with E-state index in [4.69, 9.17) is 4.74 Å². The van der Waals surface area contributed by atoms with Gasteiger partial charge in [-0.2, -0.15) is 0 Å². The van der Waals surface area contributed by atoms with E-state index in [9.17, 15) is 4.79 Å². The van der Waals surface area contributed by atoms with Crippen molar-refractivity contribution in [1.82, 2.24) is 0 Å². The summed E-state index contributed by atoms with van der Waals surface area (Å²) < 4.78 is 5.58. The van der Waals surface area contributed by atoms with Crippen molar-refractivity contribution in [2.75, 3.05) is 10.2 Å². The molecule has 0 aliphatic carbocycles. The summed E-state index contributed by atoms with van der Waals surface area (Å²) >= 11 is 0. The van der Waals surface area contributed by atoms with Crippen molar-refractivity contribution in [1.29, 1.82) is 0 Å². The Bertz CT molecular complexity index is 1150. The van der Waals surface area contributed by atoms with E-state index in [-0.39, 0.29) is 18.0 Å². The quantitative estimate of drug-likeness (QED) is 0.574. The molecule has 0 fully saturated rings. The summed E-state index contributed by atoms with van der Waals surface area (Å²) in [6, 6.07) is 21.8. The third-order valence-electron chi connectivity index (χ3n) is 6.43. The number of hydrogen-bond acceptors (Lipinski definition) is 3. The largest absolute Gasteiger partial charge is 0.378 e. The van der Waals surface area contributed by atoms with Crippen LogP contribution in [0.3, 0.4) is 0 Å². The van der Waals surface area contributed by atoms with Crippen LogP contribution in [0.15, 0.2) is 60.7 Å². The molecule has 5 rings (SSSR count). The molecule has 0 saturated heterocycles. The lowest BCUT2D eigenvalue weighted by atomic mass is 9.88. The Hall–Kier alpha value is -3.11. The van der Waals surface area contributed by atoms with Crippen LogP contribution in [-0.2, 0) is 22.7 Å². The van der Waals surface area contributed by atoms with Gasteiger partial charge in [0.25, 0.3) is 0 Å². The molecule has 158 valence electrons. The predicted molar refractivity (Wildman–Crippen MR) is 125 cm³/mol. The fraction of sp³-hybridized carbons (Fsp3) is 0.296. The number of nitrogens with zero attached hydrogens (tertiary/aromatic N) is 1. The summed E-state index contributed by atoms with van der Waals surface area (Å²) in [7, 11) is 0. The van der Waals surface area contributed by atoms with Crippen molar-refractivity contribution < 1.29 is 9.53 Å². The summed E-state index contributed by atoms with van der Waals surface area (Å²) in [6.45, 7) is 7.28. The maximum atomic E-state index is 12.5. The molecule has 1 N–H and O–H groups in total. The SMILES string of the molecule is CC(=O)N1c2ccc(-c3cccc(C)c3)cc2[C@H](Nc2ccc3c(c2)COC3)C[C@@H]1C. The number of carbonyl (C=O) groups excluding carboxylic acids is 1. The second kappa shape index (κ2) is 7.86. The van der Waals surface area contributed by atoms with Gasteiger partial charge in [0.05, 0.1) is 19.3 Å². The molecule has 3 aromatic rings. The molecule has 0 aromatic heterocycles. The maximum Gasteiger partial charge on any atom is 0.224 e. The predicted octanol–water partition coefficient (Wildman–Crippen LogP) is 5.99. The second-order valence-corrected chi connectivity index (χ2v) is 8.79. The van der Waals surface area contributed by atoms with E-state index in [1.165, 1.54) is 33.4 Å². The summed E-state index contributed by atoms with van der Waals surface area (Å²) in [5.41, 5.74) is 9.42. The third-order valence-corrected chi connectivity index (χ3v) is 6.43. The number of benzene rings is 3. The molecule has 2 aliphatic heterocycles. The average molecular weight is 413 g/mol. The minimum absolute atomic E-state index is 0.0881. The highest BCUT2D eigenvalue weighted by atomic mass is 16.5. The number of rotatable bonds is 3. The normalized spacial score (nSPS) is 19.6. The van der Waals surface area contributed by atoms with Gasteiger partial charge < -0.3 is 15.0 Å². The van der Waals surface area contributed by atoms with Gasteiger partial charge in [-0.25, -0.2) is 0 Å². The Labute approximate surface area is 183 Å². The van der Waals surface area contributed by atoms with Crippen molar-refractivity contribution >= 4 is 17.3 Å². The first-order chi connectivity index (χ1) is 15.0. The molecule has 2 atom stereocenters. The van der Waals surface area contributed by atoms with Crippen molar-refractivity contribution in [2.45, 2.75) is 52.5 Å². The van der Waals surface area contributed by atoms with Gasteiger partial charge in [-0.15, -0.1) is 0 Å². The van der Waals surface area contributed by atoms with Crippen molar-refractivity contribution in [3.8, 4) is 11.1 Å². The number of amides is 1. The molecule has 0 bridgehead atoms. The van der Waals surface area contributed by atoms with Crippen LogP contribution in [-0.4, -0.2) is 11.9 Å². The highest BCUT2D eigenvalue weighted by molar-refractivity contribution is 5.94. The van der Waals surface area contributed by atoms with Gasteiger partial charge in [0.2, 0.25) is 5.91 Å². The Morgan fingerprint density at radius 2 is 1.81 bits per heavy atom. The van der Waals surface area contributed by atoms with E-state index in [2.05, 4.69) is 79.8 Å². The van der Waals surface area contributed by atoms with Crippen molar-refractivity contribution in [2.24, 2.45) is 0 Å². The molecule has 0 unspecified atom stereocenters. The number of fused-ring (bicyclic) bond motifs is 2. The van der Waals surface area contributed by atoms with Crippen LogP contribution in [0.2, 0.25) is 0 Å². The number of nitrogens with one attached hydrogen (secondary N) is 1. The standard InChI is InChI=1S/C27H28N2O2/c1-17-5-4-6-20(11-17)21-8-10-27-25(14-21)26(12-18(2)29(27)19(3)30)28-24-9-7-22-15-31-16-23(22)13-24/h4-11,13-14,18,26,28H,12,15-16H2,1-3H3/t18-,26+/m0/s1. The summed E-state index contributed by atoms with van der Waals surface area (Å²) in [6.07, 6.45) is 0.859. The van der Waals surface area contributed by atoms with Gasteiger partial charge in [-0.1, -0.05) is 42.0 Å². The van der Waals surface area contributed by atoms with Gasteiger partial charge >= 0.3 is 0 Å². The van der Waals surface area contributed by atoms with Gasteiger partial charge in [0, 0.05) is 24.3 Å². The molecule has 31 heavy (non-hydrogen) atoms. The molecule has 0 radical (unpaired) electrons. The monoisotopic (exact) mass is 412 g/mol. The Balaban J connectivity index is 1.56. The lowest BCUT2D eigenvalue weighted by molar-refractivity contribution is -0.117. The topological polar surface area (TPSA) is 41.6 Å². The van der Waals surface area contributed by atoms with Gasteiger partial charge in [0.1, 0.15) is 0 Å². The molecule has 3 aromatic carbocycles. The summed E-state index contributed by atoms with van der Waals surface area (Å²) in [4.78, 5) is 14.4. The number of carbonyl (C=O) groups is 1. The fourth-order valence-electron chi connectivity index (χ4n) is 4.95. The van der Waals surface area contributed by atoms with Crippen LogP contribution in [0, 0.1) is 6.92 Å². The lowest BCUT2D eigenvalue weighted by Crippen LogP contribution is -2.43. The minimum Gasteiger partial charge on any atom is -0.378 e. The average Bonchev–Trinajstić information content (AvgIpc) is 3.21. The molecular formula is C27H28N2O2. The zero-order chi connectivity index (χ0) is 21.5. The van der Waals surface area contributed by atoms with Crippen LogP contribution in [0.1, 0.15) is 48.6 Å². The Kier molecular flexibility index (Phi) is 5.03. The van der Waals surface area contributed by atoms with Crippen molar-refractivity contribution in [3.05, 3.63) is 82.9 Å². The molecular weight excluding hydrogens is 384 g/mol. The Morgan fingerprint density at radius 1 is 1.00 bits per heavy atom. The van der Waals surface area contributed by atoms with Crippen LogP contribution < -0.4 is 10.2 Å². The number of aryl methyl sites for hydroxylation is 1. The number of ether oxygens (including phenoxy) is 1. The molecule has 2 aliphatic rings. The van der Waals surface area contributed by atoms with Gasteiger partial charge in [-0.05, 0) is 72.4 Å². The van der Waals surface area contributed by atoms with Gasteiger partial charge in [-0.3, -0.25) is 4.79 Å². The molecule has 4 heteroatoms. The first-order valence-electron chi connectivity index (χ1n) is 11.0. The van der Waals surface area contributed by atoms with E-state index in [0.29, 0.717) is 13.2 Å². The summed E-state index contributed by atoms with van der Waals surface area (Å²) in [5, 5.41) is 3.75. The van der Waals surface area contributed by atoms with E-state index in [1.807, 2.05) is 4.90 Å². The van der Waals surface area contributed by atoms with Crippen LogP contribution in [0.4, 0.5) is 11.4 Å². The highest BCUT2D eigenvalue weighted by Crippen LogP contribution is 2.41. The van der Waals surface area contributed by atoms with E-state index >= 15 is 0 Å². The second-order valence-electron chi connectivity index (χ2n) is 8.79. The van der Waals surface area contributed by atoms with E-state index in [0.717, 1.165) is 17.8 Å². The van der Waals surface area contributed by atoms with E-state index in [1.54, 1.807) is 6.92 Å². The smallest absolute Gasteiger partial charge is 0.224 e. The minimum atomic E-state index is 0.0881.